The van der Waals surface area contributed by atoms with Crippen molar-refractivity contribution in [3.8, 4) is 0 Å². The van der Waals surface area contributed by atoms with Crippen LogP contribution in [0.25, 0.3) is 0 Å². The SMILES string of the molecule is CC1(NS(=O)(=O)c2[nH]ncc2C(=O)O)CCC1. The minimum atomic E-state index is -3.86. The van der Waals surface area contributed by atoms with E-state index in [1.807, 2.05) is 0 Å². The van der Waals surface area contributed by atoms with E-state index >= 15 is 0 Å². The number of nitrogens with one attached hydrogen (secondary N) is 2. The van der Waals surface area contributed by atoms with Gasteiger partial charge in [-0.1, -0.05) is 0 Å². The molecule has 0 bridgehead atoms. The molecule has 0 saturated heterocycles. The zero-order valence-corrected chi connectivity index (χ0v) is 10.0. The van der Waals surface area contributed by atoms with E-state index in [0.717, 1.165) is 25.5 Å². The van der Waals surface area contributed by atoms with E-state index in [4.69, 9.17) is 5.11 Å². The molecule has 1 aromatic rings. The predicted octanol–water partition coefficient (Wildman–Crippen LogP) is 0.329. The molecule has 94 valence electrons. The van der Waals surface area contributed by atoms with Crippen LogP contribution in [0.3, 0.4) is 0 Å². The molecule has 3 N–H and O–H groups in total. The van der Waals surface area contributed by atoms with Crippen LogP contribution < -0.4 is 4.72 Å². The number of aromatic nitrogens is 2. The summed E-state index contributed by atoms with van der Waals surface area (Å²) in [7, 11) is -3.86. The molecule has 0 amide bonds. The second kappa shape index (κ2) is 3.81. The third kappa shape index (κ3) is 2.18. The van der Waals surface area contributed by atoms with Gasteiger partial charge in [-0.3, -0.25) is 5.10 Å². The van der Waals surface area contributed by atoms with E-state index in [2.05, 4.69) is 14.9 Å². The van der Waals surface area contributed by atoms with Gasteiger partial charge in [-0.2, -0.15) is 5.10 Å². The van der Waals surface area contributed by atoms with Gasteiger partial charge in [0, 0.05) is 5.54 Å². The second-order valence-corrected chi connectivity index (χ2v) is 6.06. The molecule has 8 heteroatoms. The Morgan fingerprint density at radius 3 is 2.71 bits per heavy atom. The Hall–Kier alpha value is -1.41. The van der Waals surface area contributed by atoms with Crippen LogP contribution in [-0.2, 0) is 10.0 Å². The van der Waals surface area contributed by atoms with Crippen molar-refractivity contribution in [1.82, 2.24) is 14.9 Å². The molecule has 1 aliphatic rings. The summed E-state index contributed by atoms with van der Waals surface area (Å²) in [5.41, 5.74) is -0.819. The number of H-pyrrole nitrogens is 1. The smallest absolute Gasteiger partial charge is 0.340 e. The molecule has 1 saturated carbocycles. The number of carboxylic acids is 1. The topological polar surface area (TPSA) is 112 Å². The number of rotatable bonds is 4. The molecule has 0 aromatic carbocycles. The van der Waals surface area contributed by atoms with E-state index in [9.17, 15) is 13.2 Å². The molecular weight excluding hydrogens is 246 g/mol. The van der Waals surface area contributed by atoms with Crippen molar-refractivity contribution in [1.29, 1.82) is 0 Å². The van der Waals surface area contributed by atoms with Crippen molar-refractivity contribution >= 4 is 16.0 Å². The summed E-state index contributed by atoms with van der Waals surface area (Å²) in [4.78, 5) is 10.8. The third-order valence-corrected chi connectivity index (χ3v) is 4.55. The van der Waals surface area contributed by atoms with E-state index in [-0.39, 0.29) is 5.56 Å². The first-order valence-corrected chi connectivity index (χ1v) is 6.63. The Kier molecular flexibility index (Phi) is 2.70. The van der Waals surface area contributed by atoms with Gasteiger partial charge in [0.05, 0.1) is 6.20 Å². The Morgan fingerprint density at radius 2 is 2.24 bits per heavy atom. The molecule has 0 radical (unpaired) electrons. The van der Waals surface area contributed by atoms with Gasteiger partial charge in [0.1, 0.15) is 5.56 Å². The normalized spacial score (nSPS) is 18.6. The molecule has 0 unspecified atom stereocenters. The van der Waals surface area contributed by atoms with E-state index < -0.39 is 26.6 Å². The standard InChI is InChI=1S/C9H13N3O4S/c1-9(3-2-4-9)12-17(15,16)7-6(8(13)14)5-10-11-7/h5,12H,2-4H2,1H3,(H,10,11)(H,13,14). The van der Waals surface area contributed by atoms with Crippen molar-refractivity contribution in [3.63, 3.8) is 0 Å². The fourth-order valence-electron chi connectivity index (χ4n) is 1.82. The van der Waals surface area contributed by atoms with Gasteiger partial charge in [0.25, 0.3) is 10.0 Å². The Labute approximate surface area is 98.3 Å². The highest BCUT2D eigenvalue weighted by atomic mass is 32.2. The molecule has 17 heavy (non-hydrogen) atoms. The minimum Gasteiger partial charge on any atom is -0.478 e. The Morgan fingerprint density at radius 1 is 1.59 bits per heavy atom. The van der Waals surface area contributed by atoms with Crippen molar-refractivity contribution in [2.24, 2.45) is 0 Å². The van der Waals surface area contributed by atoms with Crippen molar-refractivity contribution in [2.75, 3.05) is 0 Å². The van der Waals surface area contributed by atoms with Crippen LogP contribution in [0.1, 0.15) is 36.5 Å². The van der Waals surface area contributed by atoms with Crippen LogP contribution in [0, 0.1) is 0 Å². The number of hydrogen-bond acceptors (Lipinski definition) is 4. The van der Waals surface area contributed by atoms with Gasteiger partial charge in [0.15, 0.2) is 5.03 Å². The van der Waals surface area contributed by atoms with E-state index in [1.54, 1.807) is 6.92 Å². The second-order valence-electron chi connectivity index (χ2n) is 4.44. The van der Waals surface area contributed by atoms with Gasteiger partial charge in [-0.25, -0.2) is 17.9 Å². The quantitative estimate of drug-likeness (QED) is 0.721. The Balaban J connectivity index is 2.31. The van der Waals surface area contributed by atoms with Gasteiger partial charge < -0.3 is 5.11 Å². The Bertz CT molecular complexity index is 544. The average molecular weight is 259 g/mol. The molecular formula is C9H13N3O4S. The number of sulfonamides is 1. The number of aromatic carboxylic acids is 1. The van der Waals surface area contributed by atoms with Crippen molar-refractivity contribution in [2.45, 2.75) is 36.8 Å². The number of hydrogen-bond donors (Lipinski definition) is 3. The third-order valence-electron chi connectivity index (χ3n) is 2.94. The summed E-state index contributed by atoms with van der Waals surface area (Å²) in [6.07, 6.45) is 3.46. The molecule has 1 fully saturated rings. The van der Waals surface area contributed by atoms with Crippen molar-refractivity contribution in [3.05, 3.63) is 11.8 Å². The van der Waals surface area contributed by atoms with Crippen LogP contribution >= 0.6 is 0 Å². The number of nitrogens with zero attached hydrogens (tertiary/aromatic N) is 1. The van der Waals surface area contributed by atoms with Crippen LogP contribution in [0.5, 0.6) is 0 Å². The summed E-state index contributed by atoms with van der Waals surface area (Å²) in [5.74, 6) is -1.32. The highest BCUT2D eigenvalue weighted by molar-refractivity contribution is 7.89. The average Bonchev–Trinajstić information content (AvgIpc) is 2.63. The maximum absolute atomic E-state index is 12.0. The molecule has 1 aliphatic carbocycles. The number of aromatic amines is 1. The van der Waals surface area contributed by atoms with Crippen LogP contribution in [-0.4, -0.2) is 35.2 Å². The lowest BCUT2D eigenvalue weighted by molar-refractivity contribution is 0.0692. The van der Waals surface area contributed by atoms with Crippen LogP contribution in [0.2, 0.25) is 0 Å². The lowest BCUT2D eigenvalue weighted by atomic mass is 9.80. The monoisotopic (exact) mass is 259 g/mol. The maximum atomic E-state index is 12.0. The highest BCUT2D eigenvalue weighted by Gasteiger charge is 2.38. The molecule has 1 heterocycles. The number of carboxylic acid groups (broad SMARTS) is 1. The largest absolute Gasteiger partial charge is 0.478 e. The van der Waals surface area contributed by atoms with Gasteiger partial charge in [-0.05, 0) is 26.2 Å². The fourth-order valence-corrected chi connectivity index (χ4v) is 3.37. The first-order chi connectivity index (χ1) is 7.84. The predicted molar refractivity (Wildman–Crippen MR) is 58.1 cm³/mol. The minimum absolute atomic E-state index is 0.347. The van der Waals surface area contributed by atoms with E-state index in [1.165, 1.54) is 0 Å². The lowest BCUT2D eigenvalue weighted by Crippen LogP contribution is -2.51. The van der Waals surface area contributed by atoms with Gasteiger partial charge >= 0.3 is 5.97 Å². The highest BCUT2D eigenvalue weighted by Crippen LogP contribution is 2.32. The molecule has 7 nitrogen and oxygen atoms in total. The molecule has 2 rings (SSSR count). The first-order valence-electron chi connectivity index (χ1n) is 5.15. The number of carbonyl (C=O) groups is 1. The fraction of sp³-hybridized carbons (Fsp3) is 0.556. The zero-order valence-electron chi connectivity index (χ0n) is 9.23. The summed E-state index contributed by atoms with van der Waals surface area (Å²) >= 11 is 0. The summed E-state index contributed by atoms with van der Waals surface area (Å²) in [5, 5.41) is 14.1. The van der Waals surface area contributed by atoms with E-state index in [0.29, 0.717) is 0 Å². The summed E-state index contributed by atoms with van der Waals surface area (Å²) in [6.45, 7) is 1.80. The molecule has 0 spiro atoms. The van der Waals surface area contributed by atoms with Crippen molar-refractivity contribution < 1.29 is 18.3 Å². The van der Waals surface area contributed by atoms with Crippen LogP contribution in [0.15, 0.2) is 11.2 Å². The van der Waals surface area contributed by atoms with Crippen LogP contribution in [0.4, 0.5) is 0 Å². The maximum Gasteiger partial charge on any atom is 0.340 e. The molecule has 1 aromatic heterocycles. The zero-order chi connectivity index (χ0) is 12.7. The molecule has 0 aliphatic heterocycles. The van der Waals surface area contributed by atoms with Gasteiger partial charge in [-0.15, -0.1) is 0 Å². The lowest BCUT2D eigenvalue weighted by Gasteiger charge is -2.38. The van der Waals surface area contributed by atoms with Gasteiger partial charge in [0.2, 0.25) is 0 Å². The first kappa shape index (κ1) is 12.1. The summed E-state index contributed by atoms with van der Waals surface area (Å²) in [6, 6.07) is 0. The molecule has 0 atom stereocenters. The summed E-state index contributed by atoms with van der Waals surface area (Å²) < 4.78 is 26.5.